The van der Waals surface area contributed by atoms with E-state index in [9.17, 15) is 19.6 Å². The van der Waals surface area contributed by atoms with Gasteiger partial charge in [0.05, 0.1) is 37.6 Å². The molecule has 4 N–H and O–H groups in total. The van der Waals surface area contributed by atoms with Crippen LogP contribution in [0.25, 0.3) is 0 Å². The second-order valence-corrected chi connectivity index (χ2v) is 8.53. The van der Waals surface area contributed by atoms with Gasteiger partial charge in [0, 0.05) is 12.5 Å². The van der Waals surface area contributed by atoms with E-state index in [0.29, 0.717) is 41.0 Å². The molecule has 4 amide bonds. The van der Waals surface area contributed by atoms with E-state index in [-0.39, 0.29) is 30.7 Å². The molecule has 10 heteroatoms. The number of carbonyl (C=O) groups excluding carboxylic acids is 3. The lowest BCUT2D eigenvalue weighted by Gasteiger charge is -2.30. The molecule has 0 unspecified atom stereocenters. The fourth-order valence-electron chi connectivity index (χ4n) is 4.04. The number of nitrogens with two attached hydrogens (primary N) is 1. The van der Waals surface area contributed by atoms with Crippen molar-refractivity contribution >= 4 is 23.5 Å². The van der Waals surface area contributed by atoms with Crippen molar-refractivity contribution in [2.45, 2.75) is 39.8 Å². The van der Waals surface area contributed by atoms with Crippen LogP contribution in [0.3, 0.4) is 0 Å². The summed E-state index contributed by atoms with van der Waals surface area (Å²) < 4.78 is 11.1. The fourth-order valence-corrected chi connectivity index (χ4v) is 4.04. The van der Waals surface area contributed by atoms with Gasteiger partial charge >= 0.3 is 6.03 Å². The minimum Gasteiger partial charge on any atom is -0.493 e. The number of fused-ring (bicyclic) bond motifs is 1. The van der Waals surface area contributed by atoms with E-state index in [1.807, 2.05) is 19.1 Å². The summed E-state index contributed by atoms with van der Waals surface area (Å²) in [6.45, 7) is 6.04. The van der Waals surface area contributed by atoms with Crippen LogP contribution in [-0.4, -0.2) is 53.3 Å². The Morgan fingerprint density at radius 2 is 1.97 bits per heavy atom. The average molecular weight is 485 g/mol. The highest BCUT2D eigenvalue weighted by Gasteiger charge is 2.36. The van der Waals surface area contributed by atoms with Gasteiger partial charge in [0.2, 0.25) is 5.91 Å². The van der Waals surface area contributed by atoms with Gasteiger partial charge in [-0.2, -0.15) is 0 Å². The lowest BCUT2D eigenvalue weighted by molar-refractivity contribution is -0.118. The molecule has 10 nitrogen and oxygen atoms in total. The van der Waals surface area contributed by atoms with E-state index < -0.39 is 12.1 Å². The molecular formula is C25H32N4O6. The summed E-state index contributed by atoms with van der Waals surface area (Å²) in [5, 5.41) is 13.1. The lowest BCUT2D eigenvalue weighted by Crippen LogP contribution is -2.37. The van der Waals surface area contributed by atoms with Crippen molar-refractivity contribution in [1.29, 1.82) is 0 Å². The van der Waals surface area contributed by atoms with Crippen molar-refractivity contribution in [3.05, 3.63) is 53.1 Å². The zero-order valence-electron chi connectivity index (χ0n) is 20.4. The van der Waals surface area contributed by atoms with Crippen LogP contribution >= 0.6 is 0 Å². The molecule has 0 aliphatic carbocycles. The van der Waals surface area contributed by atoms with Gasteiger partial charge in [-0.05, 0) is 42.7 Å². The lowest BCUT2D eigenvalue weighted by atomic mass is 10.0. The van der Waals surface area contributed by atoms with Gasteiger partial charge in [-0.1, -0.05) is 32.0 Å². The highest BCUT2D eigenvalue weighted by atomic mass is 16.5. The Morgan fingerprint density at radius 3 is 2.60 bits per heavy atom. The van der Waals surface area contributed by atoms with Gasteiger partial charge in [-0.3, -0.25) is 14.8 Å². The molecule has 2 aromatic rings. The molecule has 0 radical (unpaired) electrons. The number of rotatable bonds is 10. The van der Waals surface area contributed by atoms with Crippen molar-refractivity contribution in [2.24, 2.45) is 11.7 Å². The van der Waals surface area contributed by atoms with E-state index in [2.05, 4.69) is 5.32 Å². The Labute approximate surface area is 204 Å². The SMILES string of the molecule is CCOc1cc([C@H](CCN(O)C(N)=O)N2Cc3cccc(NC(=O)C(C)C)c3C2=O)ccc1OC. The maximum Gasteiger partial charge on any atom is 0.338 e. The molecule has 0 saturated carbocycles. The Hall–Kier alpha value is -3.79. The van der Waals surface area contributed by atoms with E-state index in [1.165, 1.54) is 0 Å². The van der Waals surface area contributed by atoms with Crippen LogP contribution in [0.2, 0.25) is 0 Å². The summed E-state index contributed by atoms with van der Waals surface area (Å²) in [5.74, 6) is 0.371. The molecule has 3 rings (SSSR count). The first-order valence-electron chi connectivity index (χ1n) is 11.5. The maximum atomic E-state index is 13.6. The van der Waals surface area contributed by atoms with Crippen LogP contribution in [0.1, 0.15) is 54.7 Å². The Bertz CT molecular complexity index is 1100. The van der Waals surface area contributed by atoms with Crippen molar-refractivity contribution in [2.75, 3.05) is 25.6 Å². The van der Waals surface area contributed by atoms with Crippen LogP contribution in [0.15, 0.2) is 36.4 Å². The average Bonchev–Trinajstić information content (AvgIpc) is 3.16. The predicted molar refractivity (Wildman–Crippen MR) is 129 cm³/mol. The summed E-state index contributed by atoms with van der Waals surface area (Å²) in [4.78, 5) is 39.0. The van der Waals surface area contributed by atoms with Crippen molar-refractivity contribution in [3.8, 4) is 11.5 Å². The molecule has 1 atom stereocenters. The molecule has 35 heavy (non-hydrogen) atoms. The number of hydroxylamine groups is 2. The largest absolute Gasteiger partial charge is 0.493 e. The minimum absolute atomic E-state index is 0.0902. The summed E-state index contributed by atoms with van der Waals surface area (Å²) >= 11 is 0. The second kappa shape index (κ2) is 11.1. The number of hydrogen-bond acceptors (Lipinski definition) is 6. The van der Waals surface area contributed by atoms with Gasteiger partial charge in [0.25, 0.3) is 5.91 Å². The van der Waals surface area contributed by atoms with Gasteiger partial charge in [-0.25, -0.2) is 9.86 Å². The number of urea groups is 1. The van der Waals surface area contributed by atoms with E-state index in [0.717, 1.165) is 11.1 Å². The number of anilines is 1. The molecule has 1 aliphatic heterocycles. The second-order valence-electron chi connectivity index (χ2n) is 8.53. The monoisotopic (exact) mass is 484 g/mol. The Morgan fingerprint density at radius 1 is 1.23 bits per heavy atom. The van der Waals surface area contributed by atoms with Crippen LogP contribution in [0, 0.1) is 5.92 Å². The number of benzene rings is 2. The Kier molecular flexibility index (Phi) is 8.18. The number of nitrogens with one attached hydrogen (secondary N) is 1. The van der Waals surface area contributed by atoms with Gasteiger partial charge < -0.3 is 25.4 Å². The van der Waals surface area contributed by atoms with Crippen LogP contribution < -0.4 is 20.5 Å². The molecule has 0 bridgehead atoms. The normalized spacial score (nSPS) is 13.4. The highest BCUT2D eigenvalue weighted by Crippen LogP contribution is 2.39. The number of amides is 4. The molecular weight excluding hydrogens is 452 g/mol. The van der Waals surface area contributed by atoms with Crippen LogP contribution in [0.5, 0.6) is 11.5 Å². The van der Waals surface area contributed by atoms with Crippen molar-refractivity contribution < 1.29 is 29.1 Å². The number of nitrogens with zero attached hydrogens (tertiary/aromatic N) is 2. The minimum atomic E-state index is -0.983. The first kappa shape index (κ1) is 25.8. The van der Waals surface area contributed by atoms with E-state index >= 15 is 0 Å². The summed E-state index contributed by atoms with van der Waals surface area (Å²) in [7, 11) is 1.54. The maximum absolute atomic E-state index is 13.6. The number of hydrogen-bond donors (Lipinski definition) is 3. The zero-order valence-corrected chi connectivity index (χ0v) is 20.4. The summed E-state index contributed by atoms with van der Waals surface area (Å²) in [6, 6.07) is 9.19. The third-order valence-corrected chi connectivity index (χ3v) is 5.87. The first-order chi connectivity index (χ1) is 16.7. The molecule has 0 spiro atoms. The predicted octanol–water partition coefficient (Wildman–Crippen LogP) is 3.55. The first-order valence-corrected chi connectivity index (χ1v) is 11.5. The topological polar surface area (TPSA) is 134 Å². The summed E-state index contributed by atoms with van der Waals surface area (Å²) in [5.41, 5.74) is 7.58. The Balaban J connectivity index is 1.99. The van der Waals surface area contributed by atoms with Gasteiger partial charge in [0.1, 0.15) is 0 Å². The van der Waals surface area contributed by atoms with Gasteiger partial charge in [-0.15, -0.1) is 0 Å². The zero-order chi connectivity index (χ0) is 25.7. The number of carbonyl (C=O) groups is 3. The van der Waals surface area contributed by atoms with Crippen molar-refractivity contribution in [1.82, 2.24) is 9.96 Å². The molecule has 0 fully saturated rings. The molecule has 1 aliphatic rings. The number of methoxy groups -OCH3 is 1. The number of ether oxygens (including phenoxy) is 2. The smallest absolute Gasteiger partial charge is 0.338 e. The van der Waals surface area contributed by atoms with Crippen LogP contribution in [0.4, 0.5) is 10.5 Å². The molecule has 0 aromatic heterocycles. The molecule has 1 heterocycles. The van der Waals surface area contributed by atoms with E-state index in [4.69, 9.17) is 15.2 Å². The summed E-state index contributed by atoms with van der Waals surface area (Å²) in [6.07, 6.45) is 0.213. The highest BCUT2D eigenvalue weighted by molar-refractivity contribution is 6.07. The van der Waals surface area contributed by atoms with E-state index in [1.54, 1.807) is 50.1 Å². The molecule has 2 aromatic carbocycles. The number of primary amides is 1. The third-order valence-electron chi connectivity index (χ3n) is 5.87. The molecule has 188 valence electrons. The van der Waals surface area contributed by atoms with Gasteiger partial charge in [0.15, 0.2) is 11.5 Å². The fraction of sp³-hybridized carbons (Fsp3) is 0.400. The van der Waals surface area contributed by atoms with Crippen LogP contribution in [-0.2, 0) is 11.3 Å². The standard InChI is InChI=1S/C25H32N4O6/c1-5-35-21-13-16(9-10-20(21)34-4)19(11-12-29(33)25(26)32)28-14-17-7-6-8-18(22(17)24(28)31)27-23(30)15(2)3/h6-10,13,15,19,33H,5,11-12,14H2,1-4H3,(H2,26,32)(H,27,30)/t19-/m0/s1. The molecule has 0 saturated heterocycles. The van der Waals surface area contributed by atoms with Crippen molar-refractivity contribution in [3.63, 3.8) is 0 Å². The quantitative estimate of drug-likeness (QED) is 0.349. The third kappa shape index (κ3) is 5.65.